The van der Waals surface area contributed by atoms with Gasteiger partial charge in [0, 0.05) is 5.69 Å². The number of aromatic nitrogens is 3. The first-order valence-corrected chi connectivity index (χ1v) is 8.39. The summed E-state index contributed by atoms with van der Waals surface area (Å²) in [5.74, 6) is -0.289. The van der Waals surface area contributed by atoms with E-state index in [0.717, 1.165) is 23.0 Å². The molecule has 2 rings (SSSR count). The zero-order valence-corrected chi connectivity index (χ0v) is 14.5. The Labute approximate surface area is 139 Å². The second-order valence-electron chi connectivity index (χ2n) is 5.52. The summed E-state index contributed by atoms with van der Waals surface area (Å²) in [5, 5.41) is 17.8. The van der Waals surface area contributed by atoms with Gasteiger partial charge >= 0.3 is 5.97 Å². The first-order chi connectivity index (χ1) is 10.9. The summed E-state index contributed by atoms with van der Waals surface area (Å²) < 4.78 is 7.69. The van der Waals surface area contributed by atoms with Crippen molar-refractivity contribution >= 4 is 17.7 Å². The number of carboxylic acids is 1. The molecule has 0 radical (unpaired) electrons. The fraction of sp³-hybridized carbons (Fsp3) is 0.438. The Balaban J connectivity index is 2.44. The van der Waals surface area contributed by atoms with Crippen LogP contribution in [0.15, 0.2) is 29.4 Å². The van der Waals surface area contributed by atoms with E-state index < -0.39 is 5.97 Å². The van der Waals surface area contributed by atoms with Gasteiger partial charge in [-0.2, -0.15) is 0 Å². The van der Waals surface area contributed by atoms with Gasteiger partial charge in [0.15, 0.2) is 11.0 Å². The molecule has 0 spiro atoms. The van der Waals surface area contributed by atoms with E-state index in [0.29, 0.717) is 11.0 Å². The van der Waals surface area contributed by atoms with E-state index in [9.17, 15) is 4.79 Å². The zero-order chi connectivity index (χ0) is 17.0. The van der Waals surface area contributed by atoms with Crippen molar-refractivity contribution in [2.24, 2.45) is 0 Å². The number of nitrogens with zero attached hydrogens (tertiary/aromatic N) is 3. The summed E-state index contributed by atoms with van der Waals surface area (Å²) in [5.41, 5.74) is 2.01. The van der Waals surface area contributed by atoms with Crippen molar-refractivity contribution in [2.75, 3.05) is 5.75 Å². The van der Waals surface area contributed by atoms with Gasteiger partial charge < -0.3 is 9.84 Å². The molecule has 2 aromatic rings. The van der Waals surface area contributed by atoms with Gasteiger partial charge in [-0.25, -0.2) is 0 Å². The van der Waals surface area contributed by atoms with E-state index in [1.807, 2.05) is 56.5 Å². The summed E-state index contributed by atoms with van der Waals surface area (Å²) in [7, 11) is 0. The summed E-state index contributed by atoms with van der Waals surface area (Å²) in [6, 6.07) is 7.92. The maximum absolute atomic E-state index is 10.9. The van der Waals surface area contributed by atoms with Crippen molar-refractivity contribution < 1.29 is 14.6 Å². The second kappa shape index (κ2) is 7.61. The third kappa shape index (κ3) is 4.56. The highest BCUT2D eigenvalue weighted by molar-refractivity contribution is 7.99. The number of aryl methyl sites for hydroxylation is 1. The molecule has 0 unspecified atom stereocenters. The zero-order valence-electron chi connectivity index (χ0n) is 13.7. The third-order valence-corrected chi connectivity index (χ3v) is 4.00. The van der Waals surface area contributed by atoms with Crippen molar-refractivity contribution in [1.82, 2.24) is 14.8 Å². The predicted octanol–water partition coefficient (Wildman–Crippen LogP) is 3.24. The monoisotopic (exact) mass is 335 g/mol. The third-order valence-electron chi connectivity index (χ3n) is 3.08. The van der Waals surface area contributed by atoms with E-state index in [1.54, 1.807) is 0 Å². The minimum Gasteiger partial charge on any atom is -0.481 e. The van der Waals surface area contributed by atoms with Crippen LogP contribution in [-0.4, -0.2) is 37.7 Å². The predicted molar refractivity (Wildman–Crippen MR) is 89.1 cm³/mol. The summed E-state index contributed by atoms with van der Waals surface area (Å²) >= 11 is 1.15. The number of thioether (sulfide) groups is 1. The van der Waals surface area contributed by atoms with E-state index in [2.05, 4.69) is 10.2 Å². The first kappa shape index (κ1) is 17.5. The van der Waals surface area contributed by atoms with E-state index in [1.165, 1.54) is 0 Å². The van der Waals surface area contributed by atoms with E-state index >= 15 is 0 Å². The van der Waals surface area contributed by atoms with Crippen LogP contribution >= 0.6 is 11.8 Å². The largest absolute Gasteiger partial charge is 0.481 e. The van der Waals surface area contributed by atoms with Crippen LogP contribution in [0.2, 0.25) is 0 Å². The molecule has 0 aliphatic heterocycles. The van der Waals surface area contributed by atoms with Gasteiger partial charge in [-0.1, -0.05) is 23.9 Å². The van der Waals surface area contributed by atoms with Gasteiger partial charge in [0.25, 0.3) is 0 Å². The van der Waals surface area contributed by atoms with Crippen LogP contribution < -0.4 is 0 Å². The summed E-state index contributed by atoms with van der Waals surface area (Å²) in [4.78, 5) is 10.9. The van der Waals surface area contributed by atoms with Crippen molar-refractivity contribution in [3.05, 3.63) is 35.7 Å². The number of ether oxygens (including phenoxy) is 1. The Bertz CT molecular complexity index is 685. The molecule has 1 aromatic heterocycles. The molecular weight excluding hydrogens is 314 g/mol. The highest BCUT2D eigenvalue weighted by atomic mass is 32.2. The maximum atomic E-state index is 10.9. The standard InChI is InChI=1S/C16H21N3O3S/c1-10(2)22-12(4)15-17-18-16(23-9-14(20)21)19(15)13-7-5-6-11(3)8-13/h5-8,10,12H,9H2,1-4H3,(H,20,21)/t12-/m1/s1. The molecule has 0 saturated carbocycles. The van der Waals surface area contributed by atoms with E-state index in [4.69, 9.17) is 9.84 Å². The van der Waals surface area contributed by atoms with Crippen LogP contribution in [0.1, 0.15) is 38.3 Å². The minimum atomic E-state index is -0.887. The lowest BCUT2D eigenvalue weighted by Crippen LogP contribution is -2.13. The molecular formula is C16H21N3O3S. The SMILES string of the molecule is Cc1cccc(-n2c(SCC(=O)O)nnc2[C@@H](C)OC(C)C)c1. The minimum absolute atomic E-state index is 0.0581. The van der Waals surface area contributed by atoms with Crippen LogP contribution in [0.5, 0.6) is 0 Å². The summed E-state index contributed by atoms with van der Waals surface area (Å²) in [6.07, 6.45) is -0.190. The lowest BCUT2D eigenvalue weighted by molar-refractivity contribution is -0.133. The number of aliphatic carboxylic acids is 1. The number of benzene rings is 1. The summed E-state index contributed by atoms with van der Waals surface area (Å²) in [6.45, 7) is 7.85. The Morgan fingerprint density at radius 3 is 2.70 bits per heavy atom. The fourth-order valence-corrected chi connectivity index (χ4v) is 2.92. The van der Waals surface area contributed by atoms with E-state index in [-0.39, 0.29) is 18.0 Å². The topological polar surface area (TPSA) is 77.2 Å². The average molecular weight is 335 g/mol. The number of carboxylic acid groups (broad SMARTS) is 1. The van der Waals surface area contributed by atoms with Crippen molar-refractivity contribution in [2.45, 2.75) is 45.1 Å². The Kier molecular flexibility index (Phi) is 5.79. The molecule has 1 N–H and O–H groups in total. The van der Waals surface area contributed by atoms with Gasteiger partial charge in [-0.05, 0) is 45.4 Å². The Morgan fingerprint density at radius 1 is 1.35 bits per heavy atom. The molecule has 0 bridgehead atoms. The molecule has 23 heavy (non-hydrogen) atoms. The van der Waals surface area contributed by atoms with Gasteiger partial charge in [-0.15, -0.1) is 10.2 Å². The number of hydrogen-bond acceptors (Lipinski definition) is 5. The molecule has 0 amide bonds. The first-order valence-electron chi connectivity index (χ1n) is 7.41. The smallest absolute Gasteiger partial charge is 0.313 e. The fourth-order valence-electron chi connectivity index (χ4n) is 2.24. The Morgan fingerprint density at radius 2 is 2.09 bits per heavy atom. The molecule has 0 fully saturated rings. The molecule has 0 aliphatic carbocycles. The Hall–Kier alpha value is -1.86. The van der Waals surface area contributed by atoms with Gasteiger partial charge in [0.05, 0.1) is 11.9 Å². The molecule has 1 heterocycles. The lowest BCUT2D eigenvalue weighted by Gasteiger charge is -2.17. The van der Waals surface area contributed by atoms with Crippen LogP contribution in [0.25, 0.3) is 5.69 Å². The van der Waals surface area contributed by atoms with Crippen molar-refractivity contribution in [3.8, 4) is 5.69 Å². The molecule has 6 nitrogen and oxygen atoms in total. The second-order valence-corrected chi connectivity index (χ2v) is 6.47. The van der Waals surface area contributed by atoms with Crippen LogP contribution in [0.4, 0.5) is 0 Å². The molecule has 7 heteroatoms. The number of hydrogen-bond donors (Lipinski definition) is 1. The molecule has 1 aromatic carbocycles. The van der Waals surface area contributed by atoms with Crippen LogP contribution in [-0.2, 0) is 9.53 Å². The maximum Gasteiger partial charge on any atom is 0.313 e. The lowest BCUT2D eigenvalue weighted by atomic mass is 10.2. The number of carbonyl (C=O) groups is 1. The molecule has 124 valence electrons. The molecule has 1 atom stereocenters. The molecule has 0 aliphatic rings. The average Bonchev–Trinajstić information content (AvgIpc) is 2.88. The normalized spacial score (nSPS) is 12.6. The van der Waals surface area contributed by atoms with Gasteiger partial charge in [-0.3, -0.25) is 9.36 Å². The van der Waals surface area contributed by atoms with Crippen molar-refractivity contribution in [3.63, 3.8) is 0 Å². The molecule has 0 saturated heterocycles. The highest BCUT2D eigenvalue weighted by Gasteiger charge is 2.21. The van der Waals surface area contributed by atoms with Crippen LogP contribution in [0, 0.1) is 6.92 Å². The van der Waals surface area contributed by atoms with Gasteiger partial charge in [0.1, 0.15) is 6.10 Å². The number of rotatable bonds is 7. The quantitative estimate of drug-likeness (QED) is 0.783. The van der Waals surface area contributed by atoms with Gasteiger partial charge in [0.2, 0.25) is 0 Å². The highest BCUT2D eigenvalue weighted by Crippen LogP contribution is 2.27. The van der Waals surface area contributed by atoms with Crippen molar-refractivity contribution in [1.29, 1.82) is 0 Å². The van der Waals surface area contributed by atoms with Crippen LogP contribution in [0.3, 0.4) is 0 Å².